The van der Waals surface area contributed by atoms with Crippen LogP contribution in [0.5, 0.6) is 0 Å². The number of halogens is 3. The molecule has 0 spiro atoms. The van der Waals surface area contributed by atoms with E-state index in [0.717, 1.165) is 14.6 Å². The summed E-state index contributed by atoms with van der Waals surface area (Å²) in [4.78, 5) is 1.55. The molecule has 1 rings (SSSR count). The molecule has 0 atom stereocenters. The van der Waals surface area contributed by atoms with Crippen molar-refractivity contribution >= 4 is 55.1 Å². The van der Waals surface area contributed by atoms with E-state index in [9.17, 15) is 0 Å². The average molecular weight is 341 g/mol. The molecule has 0 aliphatic carbocycles. The first-order valence-electron chi connectivity index (χ1n) is 3.65. The van der Waals surface area contributed by atoms with E-state index < -0.39 is 0 Å². The van der Waals surface area contributed by atoms with Crippen molar-refractivity contribution in [1.82, 2.24) is 0 Å². The molecule has 0 unspecified atom stereocenters. The smallest absolute Gasteiger partial charge is 0.192 e. The normalized spacial score (nSPS) is 10.0. The van der Waals surface area contributed by atoms with Crippen molar-refractivity contribution in [3.63, 3.8) is 0 Å². The molecule has 3 N–H and O–H groups in total. The van der Waals surface area contributed by atoms with Crippen molar-refractivity contribution in [2.45, 2.75) is 0 Å². The highest BCUT2D eigenvalue weighted by Crippen LogP contribution is 2.36. The molecule has 0 aliphatic heterocycles. The molecule has 0 amide bonds. The molecule has 14 heavy (non-hydrogen) atoms. The summed E-state index contributed by atoms with van der Waals surface area (Å²) < 4.78 is 1.57. The van der Waals surface area contributed by atoms with Crippen molar-refractivity contribution in [2.75, 3.05) is 11.9 Å². The highest BCUT2D eigenvalue weighted by atomic mass is 79.9. The monoisotopic (exact) mass is 339 g/mol. The molecule has 0 radical (unpaired) electrons. The fraction of sp³-hybridized carbons (Fsp3) is 0.125. The number of benzene rings is 1. The van der Waals surface area contributed by atoms with Gasteiger partial charge in [-0.3, -0.25) is 5.41 Å². The number of hydrogen-bond acceptors (Lipinski definition) is 1. The summed E-state index contributed by atoms with van der Waals surface area (Å²) in [7, 11) is 1.71. The van der Waals surface area contributed by atoms with Gasteiger partial charge < -0.3 is 10.6 Å². The third kappa shape index (κ3) is 2.40. The van der Waals surface area contributed by atoms with Gasteiger partial charge in [0, 0.05) is 21.0 Å². The number of guanidine groups is 1. The van der Waals surface area contributed by atoms with E-state index in [1.807, 2.05) is 0 Å². The van der Waals surface area contributed by atoms with E-state index in [1.165, 1.54) is 0 Å². The van der Waals surface area contributed by atoms with E-state index >= 15 is 0 Å². The number of rotatable bonds is 1. The first-order valence-corrected chi connectivity index (χ1v) is 5.62. The van der Waals surface area contributed by atoms with Gasteiger partial charge in [-0.25, -0.2) is 0 Å². The maximum absolute atomic E-state index is 7.31. The number of nitrogens with two attached hydrogens (primary N) is 1. The van der Waals surface area contributed by atoms with Gasteiger partial charge in [0.05, 0.1) is 5.69 Å². The Kier molecular flexibility index (Phi) is 3.80. The minimum absolute atomic E-state index is 0.0336. The molecule has 0 saturated heterocycles. The van der Waals surface area contributed by atoms with Gasteiger partial charge in [0.15, 0.2) is 5.96 Å². The zero-order chi connectivity index (χ0) is 10.9. The number of nitrogens with zero attached hydrogens (tertiary/aromatic N) is 1. The Labute approximate surface area is 104 Å². The minimum atomic E-state index is -0.0336. The highest BCUT2D eigenvalue weighted by Gasteiger charge is 2.12. The third-order valence-electron chi connectivity index (χ3n) is 1.68. The Hall–Kier alpha value is -0.260. The number of hydrogen-bond donors (Lipinski definition) is 2. The molecule has 0 bridgehead atoms. The Bertz CT molecular complexity index is 358. The summed E-state index contributed by atoms with van der Waals surface area (Å²) in [5, 5.41) is 7.93. The van der Waals surface area contributed by atoms with Crippen molar-refractivity contribution < 1.29 is 0 Å². The van der Waals surface area contributed by atoms with Crippen molar-refractivity contribution in [3.05, 3.63) is 26.1 Å². The Morgan fingerprint density at radius 3 is 2.21 bits per heavy atom. The van der Waals surface area contributed by atoms with E-state index in [1.54, 1.807) is 24.1 Å². The largest absolute Gasteiger partial charge is 0.370 e. The molecule has 0 fully saturated rings. The van der Waals surface area contributed by atoms with Crippen molar-refractivity contribution in [1.29, 1.82) is 5.41 Å². The maximum Gasteiger partial charge on any atom is 0.192 e. The maximum atomic E-state index is 7.31. The molecular formula is C8H8Br2ClN3. The first kappa shape index (κ1) is 11.8. The lowest BCUT2D eigenvalue weighted by Crippen LogP contribution is -2.33. The summed E-state index contributed by atoms with van der Waals surface area (Å²) in [6, 6.07) is 3.50. The van der Waals surface area contributed by atoms with Crippen LogP contribution in [-0.4, -0.2) is 13.0 Å². The quantitative estimate of drug-likeness (QED) is 0.609. The summed E-state index contributed by atoms with van der Waals surface area (Å²) in [6.07, 6.45) is 0. The fourth-order valence-electron chi connectivity index (χ4n) is 0.975. The van der Waals surface area contributed by atoms with E-state index in [0.29, 0.717) is 5.02 Å². The van der Waals surface area contributed by atoms with Crippen LogP contribution in [0.15, 0.2) is 21.1 Å². The first-order chi connectivity index (χ1) is 6.43. The van der Waals surface area contributed by atoms with Crippen LogP contribution in [0.25, 0.3) is 0 Å². The third-order valence-corrected chi connectivity index (χ3v) is 3.11. The number of anilines is 1. The van der Waals surface area contributed by atoms with Gasteiger partial charge in [0.2, 0.25) is 0 Å². The van der Waals surface area contributed by atoms with E-state index in [4.69, 9.17) is 22.7 Å². The standard InChI is InChI=1S/C8H8Br2ClN3/c1-14(8(12)13)7-5(9)2-4(11)3-6(7)10/h2-3H,1H3,(H3,12,13). The number of nitrogens with one attached hydrogen (secondary N) is 1. The lowest BCUT2D eigenvalue weighted by atomic mass is 10.3. The second-order valence-electron chi connectivity index (χ2n) is 2.66. The van der Waals surface area contributed by atoms with Gasteiger partial charge >= 0.3 is 0 Å². The average Bonchev–Trinajstić information content (AvgIpc) is 2.01. The molecule has 0 saturated carbocycles. The van der Waals surface area contributed by atoms with Gasteiger partial charge in [-0.2, -0.15) is 0 Å². The van der Waals surface area contributed by atoms with E-state index in [2.05, 4.69) is 31.9 Å². The molecule has 0 heterocycles. The SMILES string of the molecule is CN(C(=N)N)c1c(Br)cc(Cl)cc1Br. The Morgan fingerprint density at radius 2 is 1.86 bits per heavy atom. The van der Waals surface area contributed by atoms with Crippen LogP contribution in [0, 0.1) is 5.41 Å². The van der Waals surface area contributed by atoms with Crippen LogP contribution in [0.1, 0.15) is 0 Å². The van der Waals surface area contributed by atoms with Crippen LogP contribution < -0.4 is 10.6 Å². The van der Waals surface area contributed by atoms with Crippen LogP contribution in [-0.2, 0) is 0 Å². The van der Waals surface area contributed by atoms with Gasteiger partial charge in [0.1, 0.15) is 0 Å². The van der Waals surface area contributed by atoms with Gasteiger partial charge in [-0.15, -0.1) is 0 Å². The molecule has 76 valence electrons. The zero-order valence-electron chi connectivity index (χ0n) is 7.31. The molecule has 0 aromatic heterocycles. The van der Waals surface area contributed by atoms with Gasteiger partial charge in [-0.05, 0) is 44.0 Å². The molecule has 1 aromatic rings. The molecule has 0 aliphatic rings. The molecular weight excluding hydrogens is 333 g/mol. The summed E-state index contributed by atoms with van der Waals surface area (Å²) in [5.74, 6) is -0.0336. The molecule has 3 nitrogen and oxygen atoms in total. The zero-order valence-corrected chi connectivity index (χ0v) is 11.2. The lowest BCUT2D eigenvalue weighted by molar-refractivity contribution is 1.18. The Balaban J connectivity index is 3.27. The molecule has 6 heteroatoms. The van der Waals surface area contributed by atoms with Gasteiger partial charge in [0.25, 0.3) is 0 Å². The fourth-order valence-corrected chi connectivity index (χ4v) is 3.18. The van der Waals surface area contributed by atoms with Crippen LogP contribution >= 0.6 is 43.5 Å². The van der Waals surface area contributed by atoms with Crippen LogP contribution in [0.2, 0.25) is 5.02 Å². The summed E-state index contributed by atoms with van der Waals surface area (Å²) in [6.45, 7) is 0. The van der Waals surface area contributed by atoms with Crippen LogP contribution in [0.4, 0.5) is 5.69 Å². The van der Waals surface area contributed by atoms with Crippen LogP contribution in [0.3, 0.4) is 0 Å². The van der Waals surface area contributed by atoms with E-state index in [-0.39, 0.29) is 5.96 Å². The predicted molar refractivity (Wildman–Crippen MR) is 67.2 cm³/mol. The van der Waals surface area contributed by atoms with Crippen molar-refractivity contribution in [2.24, 2.45) is 5.73 Å². The van der Waals surface area contributed by atoms with Gasteiger partial charge in [-0.1, -0.05) is 11.6 Å². The minimum Gasteiger partial charge on any atom is -0.370 e. The second kappa shape index (κ2) is 4.51. The summed E-state index contributed by atoms with van der Waals surface area (Å²) in [5.41, 5.74) is 6.16. The molecule has 1 aromatic carbocycles. The predicted octanol–water partition coefficient (Wildman–Crippen LogP) is 3.19. The summed E-state index contributed by atoms with van der Waals surface area (Å²) >= 11 is 12.6. The highest BCUT2D eigenvalue weighted by molar-refractivity contribution is 9.11. The Morgan fingerprint density at radius 1 is 1.43 bits per heavy atom. The second-order valence-corrected chi connectivity index (χ2v) is 4.81. The lowest BCUT2D eigenvalue weighted by Gasteiger charge is -2.20. The van der Waals surface area contributed by atoms with Crippen molar-refractivity contribution in [3.8, 4) is 0 Å². The topological polar surface area (TPSA) is 53.1 Å².